The van der Waals surface area contributed by atoms with Gasteiger partial charge in [-0.1, -0.05) is 31.7 Å². The van der Waals surface area contributed by atoms with Crippen LogP contribution in [0.4, 0.5) is 0 Å². The fourth-order valence-electron chi connectivity index (χ4n) is 3.22. The van der Waals surface area contributed by atoms with Crippen molar-refractivity contribution < 1.29 is 4.42 Å². The minimum absolute atomic E-state index is 0.353. The number of thioether (sulfide) groups is 1. The van der Waals surface area contributed by atoms with E-state index >= 15 is 0 Å². The standard InChI is InChI=1S/C20H20N4O2S2/c1-11(2)14-9-15-13(8-18(25)26-16(15)7-12(14)3)10-28-20-23-22-19(24(20)21)17-5-4-6-27-17/h4-9,11H,10,21H2,1-3H3. The number of hydrogen-bond acceptors (Lipinski definition) is 7. The molecule has 3 aromatic heterocycles. The van der Waals surface area contributed by atoms with Gasteiger partial charge in [-0.15, -0.1) is 21.5 Å². The van der Waals surface area contributed by atoms with Gasteiger partial charge in [-0.2, -0.15) is 0 Å². The number of fused-ring (bicyclic) bond motifs is 1. The third kappa shape index (κ3) is 3.45. The number of aryl methyl sites for hydroxylation is 1. The van der Waals surface area contributed by atoms with E-state index in [1.807, 2.05) is 30.5 Å². The molecular weight excluding hydrogens is 392 g/mol. The van der Waals surface area contributed by atoms with Gasteiger partial charge in [0, 0.05) is 17.2 Å². The molecule has 0 aliphatic heterocycles. The zero-order valence-electron chi connectivity index (χ0n) is 15.8. The van der Waals surface area contributed by atoms with Gasteiger partial charge in [0.2, 0.25) is 5.16 Å². The Morgan fingerprint density at radius 2 is 2.11 bits per heavy atom. The van der Waals surface area contributed by atoms with Gasteiger partial charge in [0.25, 0.3) is 0 Å². The molecule has 2 N–H and O–H groups in total. The van der Waals surface area contributed by atoms with E-state index in [1.165, 1.54) is 22.0 Å². The first-order valence-corrected chi connectivity index (χ1v) is 10.7. The normalized spacial score (nSPS) is 11.6. The molecular formula is C20H20N4O2S2. The molecule has 0 bridgehead atoms. The summed E-state index contributed by atoms with van der Waals surface area (Å²) < 4.78 is 6.92. The molecule has 0 radical (unpaired) electrons. The van der Waals surface area contributed by atoms with E-state index in [1.54, 1.807) is 17.4 Å². The van der Waals surface area contributed by atoms with Crippen molar-refractivity contribution in [1.82, 2.24) is 14.9 Å². The highest BCUT2D eigenvalue weighted by Crippen LogP contribution is 2.31. The Morgan fingerprint density at radius 1 is 1.29 bits per heavy atom. The molecule has 0 spiro atoms. The second-order valence-corrected chi connectivity index (χ2v) is 8.78. The van der Waals surface area contributed by atoms with E-state index in [2.05, 4.69) is 30.1 Å². The summed E-state index contributed by atoms with van der Waals surface area (Å²) in [4.78, 5) is 13.0. The van der Waals surface area contributed by atoms with E-state index in [-0.39, 0.29) is 5.63 Å². The lowest BCUT2D eigenvalue weighted by Crippen LogP contribution is -2.11. The number of nitrogens with zero attached hydrogens (tertiary/aromatic N) is 3. The van der Waals surface area contributed by atoms with Crippen LogP contribution in [0.2, 0.25) is 0 Å². The number of rotatable bonds is 5. The van der Waals surface area contributed by atoms with Crippen LogP contribution in [0, 0.1) is 6.92 Å². The van der Waals surface area contributed by atoms with Crippen LogP contribution in [0.5, 0.6) is 0 Å². The third-order valence-corrected chi connectivity index (χ3v) is 6.46. The fourth-order valence-corrected chi connectivity index (χ4v) is 4.78. The highest BCUT2D eigenvalue weighted by molar-refractivity contribution is 7.98. The SMILES string of the molecule is Cc1cc2oc(=O)cc(CSc3nnc(-c4cccs4)n3N)c2cc1C(C)C. The number of benzene rings is 1. The lowest BCUT2D eigenvalue weighted by Gasteiger charge is -2.13. The highest BCUT2D eigenvalue weighted by Gasteiger charge is 2.15. The summed E-state index contributed by atoms with van der Waals surface area (Å²) >= 11 is 3.01. The van der Waals surface area contributed by atoms with Crippen LogP contribution < -0.4 is 11.5 Å². The Balaban J connectivity index is 1.68. The van der Waals surface area contributed by atoms with Crippen molar-refractivity contribution in [2.45, 2.75) is 37.6 Å². The molecule has 0 fully saturated rings. The zero-order valence-corrected chi connectivity index (χ0v) is 17.4. The number of aromatic nitrogens is 3. The minimum Gasteiger partial charge on any atom is -0.423 e. The largest absolute Gasteiger partial charge is 0.423 e. The maximum Gasteiger partial charge on any atom is 0.336 e. The fraction of sp³-hybridized carbons (Fsp3) is 0.250. The van der Waals surface area contributed by atoms with Crippen LogP contribution in [-0.4, -0.2) is 14.9 Å². The summed E-state index contributed by atoms with van der Waals surface area (Å²) in [7, 11) is 0. The second-order valence-electron chi connectivity index (χ2n) is 6.89. The van der Waals surface area contributed by atoms with E-state index in [0.717, 1.165) is 21.4 Å². The van der Waals surface area contributed by atoms with Crippen molar-refractivity contribution in [1.29, 1.82) is 0 Å². The number of nitrogen functional groups attached to an aromatic ring is 1. The van der Waals surface area contributed by atoms with Crippen molar-refractivity contribution in [3.63, 3.8) is 0 Å². The van der Waals surface area contributed by atoms with Crippen LogP contribution in [0.1, 0.15) is 36.5 Å². The molecule has 0 unspecified atom stereocenters. The Kier molecular flexibility index (Phi) is 4.99. The highest BCUT2D eigenvalue weighted by atomic mass is 32.2. The van der Waals surface area contributed by atoms with Gasteiger partial charge in [0.15, 0.2) is 5.82 Å². The first kappa shape index (κ1) is 18.8. The molecule has 0 aliphatic rings. The van der Waals surface area contributed by atoms with Crippen LogP contribution >= 0.6 is 23.1 Å². The smallest absolute Gasteiger partial charge is 0.336 e. The zero-order chi connectivity index (χ0) is 19.8. The summed E-state index contributed by atoms with van der Waals surface area (Å²) in [6.45, 7) is 6.36. The quantitative estimate of drug-likeness (QED) is 0.294. The van der Waals surface area contributed by atoms with Gasteiger partial charge < -0.3 is 10.3 Å². The van der Waals surface area contributed by atoms with Crippen LogP contribution in [0.3, 0.4) is 0 Å². The van der Waals surface area contributed by atoms with E-state index in [0.29, 0.717) is 28.2 Å². The molecule has 0 amide bonds. The summed E-state index contributed by atoms with van der Waals surface area (Å²) in [5.74, 6) is 7.74. The molecule has 8 heteroatoms. The molecule has 3 heterocycles. The van der Waals surface area contributed by atoms with Gasteiger partial charge in [0.1, 0.15) is 5.58 Å². The van der Waals surface area contributed by atoms with Crippen molar-refractivity contribution >= 4 is 34.1 Å². The maximum absolute atomic E-state index is 12.0. The molecule has 0 saturated carbocycles. The first-order valence-electron chi connectivity index (χ1n) is 8.88. The van der Waals surface area contributed by atoms with E-state index in [4.69, 9.17) is 10.3 Å². The summed E-state index contributed by atoms with van der Waals surface area (Å²) in [5.41, 5.74) is 3.53. The molecule has 0 saturated heterocycles. The molecule has 1 aromatic carbocycles. The number of nitrogens with two attached hydrogens (primary N) is 1. The van der Waals surface area contributed by atoms with E-state index in [9.17, 15) is 4.79 Å². The summed E-state index contributed by atoms with van der Waals surface area (Å²) in [6, 6.07) is 9.52. The summed E-state index contributed by atoms with van der Waals surface area (Å²) in [6.07, 6.45) is 0. The predicted octanol–water partition coefficient (Wildman–Crippen LogP) is 4.55. The second kappa shape index (κ2) is 7.44. The average Bonchev–Trinajstić information content (AvgIpc) is 3.28. The van der Waals surface area contributed by atoms with Crippen LogP contribution in [0.15, 0.2) is 50.1 Å². The topological polar surface area (TPSA) is 86.9 Å². The van der Waals surface area contributed by atoms with Gasteiger partial charge in [-0.3, -0.25) is 0 Å². The maximum atomic E-state index is 12.0. The Hall–Kier alpha value is -2.58. The van der Waals surface area contributed by atoms with Crippen molar-refractivity contribution in [2.24, 2.45) is 0 Å². The van der Waals surface area contributed by atoms with E-state index < -0.39 is 0 Å². The van der Waals surface area contributed by atoms with Gasteiger partial charge in [-0.25, -0.2) is 9.47 Å². The molecule has 6 nitrogen and oxygen atoms in total. The van der Waals surface area contributed by atoms with Gasteiger partial charge >= 0.3 is 5.63 Å². The monoisotopic (exact) mass is 412 g/mol. The Morgan fingerprint density at radius 3 is 2.82 bits per heavy atom. The summed E-state index contributed by atoms with van der Waals surface area (Å²) in [5, 5.41) is 11.9. The molecule has 4 aromatic rings. The van der Waals surface area contributed by atoms with Crippen LogP contribution in [-0.2, 0) is 5.75 Å². The van der Waals surface area contributed by atoms with Crippen molar-refractivity contribution in [3.05, 3.63) is 62.8 Å². The van der Waals surface area contributed by atoms with Crippen LogP contribution in [0.25, 0.3) is 21.7 Å². The Labute approximate surface area is 170 Å². The lowest BCUT2D eigenvalue weighted by molar-refractivity contribution is 0.559. The lowest BCUT2D eigenvalue weighted by atomic mass is 9.95. The Bertz CT molecular complexity index is 1190. The molecule has 144 valence electrons. The minimum atomic E-state index is -0.353. The third-order valence-electron chi connectivity index (χ3n) is 4.60. The molecule has 4 rings (SSSR count). The number of thiophene rings is 1. The van der Waals surface area contributed by atoms with Crippen molar-refractivity contribution in [2.75, 3.05) is 5.84 Å². The molecule has 0 aliphatic carbocycles. The molecule has 0 atom stereocenters. The average molecular weight is 413 g/mol. The van der Waals surface area contributed by atoms with Crippen molar-refractivity contribution in [3.8, 4) is 10.7 Å². The number of hydrogen-bond donors (Lipinski definition) is 1. The molecule has 28 heavy (non-hydrogen) atoms. The predicted molar refractivity (Wildman–Crippen MR) is 114 cm³/mol. The van der Waals surface area contributed by atoms with Gasteiger partial charge in [0.05, 0.1) is 4.88 Å². The first-order chi connectivity index (χ1) is 13.4. The van der Waals surface area contributed by atoms with Gasteiger partial charge in [-0.05, 0) is 53.1 Å².